The Balaban J connectivity index is 1.83. The van der Waals surface area contributed by atoms with Crippen LogP contribution in [0, 0.1) is 0 Å². The molecule has 0 aliphatic rings. The molecule has 0 aliphatic carbocycles. The second kappa shape index (κ2) is 9.76. The first-order valence-corrected chi connectivity index (χ1v) is 8.23. The number of methoxy groups -OCH3 is 2. The minimum atomic E-state index is -2.89. The summed E-state index contributed by atoms with van der Waals surface area (Å²) in [6.45, 7) is -2.32. The zero-order valence-electron chi connectivity index (χ0n) is 14.4. The van der Waals surface area contributed by atoms with Gasteiger partial charge in [-0.15, -0.1) is 0 Å². The van der Waals surface area contributed by atoms with E-state index >= 15 is 0 Å². The van der Waals surface area contributed by atoms with Crippen LogP contribution in [-0.4, -0.2) is 32.5 Å². The fourth-order valence-corrected chi connectivity index (χ4v) is 2.45. The smallest absolute Gasteiger partial charge is 0.387 e. The van der Waals surface area contributed by atoms with Gasteiger partial charge >= 0.3 is 6.61 Å². The normalized spacial score (nSPS) is 10.3. The van der Waals surface area contributed by atoms with Gasteiger partial charge in [-0.1, -0.05) is 6.07 Å². The van der Waals surface area contributed by atoms with Gasteiger partial charge in [0.25, 0.3) is 0 Å². The average Bonchev–Trinajstić information content (AvgIpc) is 2.63. The van der Waals surface area contributed by atoms with Gasteiger partial charge in [0.15, 0.2) is 16.6 Å². The Bertz CT molecular complexity index is 727. The SMILES string of the molecule is COc1ccc(NC(=S)NCCc2ccc(OC(F)F)c(OC)c2)cc1. The van der Waals surface area contributed by atoms with Crippen molar-refractivity contribution in [3.8, 4) is 17.2 Å². The van der Waals surface area contributed by atoms with Gasteiger partial charge in [-0.05, 0) is 60.6 Å². The molecule has 0 saturated heterocycles. The molecule has 0 radical (unpaired) electrons. The third-order valence-corrected chi connectivity index (χ3v) is 3.74. The number of halogens is 2. The number of anilines is 1. The van der Waals surface area contributed by atoms with Crippen molar-refractivity contribution in [3.63, 3.8) is 0 Å². The van der Waals surface area contributed by atoms with Gasteiger partial charge in [0.2, 0.25) is 0 Å². The van der Waals surface area contributed by atoms with Gasteiger partial charge in [0, 0.05) is 12.2 Å². The highest BCUT2D eigenvalue weighted by molar-refractivity contribution is 7.80. The van der Waals surface area contributed by atoms with Gasteiger partial charge in [-0.25, -0.2) is 0 Å². The second-order valence-electron chi connectivity index (χ2n) is 5.22. The Kier molecular flexibility index (Phi) is 7.40. The van der Waals surface area contributed by atoms with Gasteiger partial charge in [-0.3, -0.25) is 0 Å². The molecule has 2 rings (SSSR count). The van der Waals surface area contributed by atoms with Crippen LogP contribution in [0.3, 0.4) is 0 Å². The molecule has 0 aliphatic heterocycles. The van der Waals surface area contributed by atoms with Crippen LogP contribution in [0.5, 0.6) is 17.2 Å². The first kappa shape index (κ1) is 19.7. The number of thiocarbonyl (C=S) groups is 1. The monoisotopic (exact) mass is 382 g/mol. The summed E-state index contributed by atoms with van der Waals surface area (Å²) in [6.07, 6.45) is 0.635. The van der Waals surface area contributed by atoms with Crippen molar-refractivity contribution in [1.29, 1.82) is 0 Å². The molecule has 2 aromatic rings. The average molecular weight is 382 g/mol. The second-order valence-corrected chi connectivity index (χ2v) is 5.63. The van der Waals surface area contributed by atoms with E-state index in [4.69, 9.17) is 21.7 Å². The van der Waals surface area contributed by atoms with Crippen LogP contribution >= 0.6 is 12.2 Å². The van der Waals surface area contributed by atoms with E-state index in [2.05, 4.69) is 15.4 Å². The Morgan fingerprint density at radius 2 is 1.77 bits per heavy atom. The third kappa shape index (κ3) is 6.03. The standard InChI is InChI=1S/C18H20F2N2O3S/c1-23-14-6-4-13(5-7-14)22-18(26)21-10-9-12-3-8-15(25-17(19)20)16(11-12)24-2/h3-8,11,17H,9-10H2,1-2H3,(H2,21,22,26). The molecule has 0 atom stereocenters. The molecule has 0 unspecified atom stereocenters. The van der Waals surface area contributed by atoms with Crippen LogP contribution in [-0.2, 0) is 6.42 Å². The molecule has 2 aromatic carbocycles. The summed E-state index contributed by atoms with van der Waals surface area (Å²) in [6, 6.07) is 12.2. The van der Waals surface area contributed by atoms with Crippen LogP contribution in [0.4, 0.5) is 14.5 Å². The number of hydrogen-bond donors (Lipinski definition) is 2. The maximum absolute atomic E-state index is 12.3. The number of hydrogen-bond acceptors (Lipinski definition) is 4. The molecule has 2 N–H and O–H groups in total. The van der Waals surface area contributed by atoms with E-state index in [-0.39, 0.29) is 11.5 Å². The van der Waals surface area contributed by atoms with E-state index in [0.717, 1.165) is 17.0 Å². The molecule has 0 fully saturated rings. The lowest BCUT2D eigenvalue weighted by Crippen LogP contribution is -2.30. The van der Waals surface area contributed by atoms with Crippen molar-refractivity contribution in [2.24, 2.45) is 0 Å². The molecule has 0 bridgehead atoms. The predicted octanol–water partition coefficient (Wildman–Crippen LogP) is 3.83. The van der Waals surface area contributed by atoms with E-state index in [1.807, 2.05) is 24.3 Å². The number of ether oxygens (including phenoxy) is 3. The van der Waals surface area contributed by atoms with Crippen molar-refractivity contribution in [2.75, 3.05) is 26.1 Å². The highest BCUT2D eigenvalue weighted by Crippen LogP contribution is 2.29. The maximum atomic E-state index is 12.3. The lowest BCUT2D eigenvalue weighted by atomic mass is 10.1. The van der Waals surface area contributed by atoms with Crippen molar-refractivity contribution in [2.45, 2.75) is 13.0 Å². The quantitative estimate of drug-likeness (QED) is 0.677. The molecule has 0 spiro atoms. The summed E-state index contributed by atoms with van der Waals surface area (Å²) in [5.41, 5.74) is 1.75. The Morgan fingerprint density at radius 3 is 2.38 bits per heavy atom. The first-order chi connectivity index (χ1) is 12.5. The highest BCUT2D eigenvalue weighted by atomic mass is 32.1. The fraction of sp³-hybridized carbons (Fsp3) is 0.278. The summed E-state index contributed by atoms with van der Waals surface area (Å²) in [7, 11) is 3.01. The number of nitrogens with one attached hydrogen (secondary N) is 2. The van der Waals surface area contributed by atoms with E-state index in [1.165, 1.54) is 13.2 Å². The Labute approximate surface area is 156 Å². The van der Waals surface area contributed by atoms with Crippen LogP contribution in [0.15, 0.2) is 42.5 Å². The topological polar surface area (TPSA) is 51.8 Å². The van der Waals surface area contributed by atoms with Crippen molar-refractivity contribution < 1.29 is 23.0 Å². The minimum absolute atomic E-state index is 0.0101. The maximum Gasteiger partial charge on any atom is 0.387 e. The van der Waals surface area contributed by atoms with Crippen molar-refractivity contribution >= 4 is 23.0 Å². The van der Waals surface area contributed by atoms with Crippen LogP contribution in [0.2, 0.25) is 0 Å². The lowest BCUT2D eigenvalue weighted by Gasteiger charge is -2.13. The summed E-state index contributed by atoms with van der Waals surface area (Å²) < 4.78 is 39.3. The number of rotatable bonds is 8. The Hall–Kier alpha value is -2.61. The molecule has 5 nitrogen and oxygen atoms in total. The summed E-state index contributed by atoms with van der Waals surface area (Å²) in [4.78, 5) is 0. The Morgan fingerprint density at radius 1 is 1.04 bits per heavy atom. The molecule has 0 saturated carbocycles. The molecule has 0 aromatic heterocycles. The highest BCUT2D eigenvalue weighted by Gasteiger charge is 2.11. The third-order valence-electron chi connectivity index (χ3n) is 3.49. The zero-order valence-corrected chi connectivity index (χ0v) is 15.2. The molecular formula is C18H20F2N2O3S. The van der Waals surface area contributed by atoms with Crippen LogP contribution in [0.1, 0.15) is 5.56 Å². The molecule has 0 amide bonds. The molecule has 140 valence electrons. The van der Waals surface area contributed by atoms with Crippen LogP contribution in [0.25, 0.3) is 0 Å². The fourth-order valence-electron chi connectivity index (χ4n) is 2.23. The molecule has 26 heavy (non-hydrogen) atoms. The van der Waals surface area contributed by atoms with E-state index < -0.39 is 6.61 Å². The van der Waals surface area contributed by atoms with Crippen molar-refractivity contribution in [1.82, 2.24) is 5.32 Å². The van der Waals surface area contributed by atoms with Gasteiger partial charge in [0.1, 0.15) is 5.75 Å². The summed E-state index contributed by atoms with van der Waals surface area (Å²) >= 11 is 5.25. The molecule has 0 heterocycles. The minimum Gasteiger partial charge on any atom is -0.497 e. The zero-order chi connectivity index (χ0) is 18.9. The summed E-state index contributed by atoms with van der Waals surface area (Å²) in [5.74, 6) is 1.04. The summed E-state index contributed by atoms with van der Waals surface area (Å²) in [5, 5.41) is 6.64. The largest absolute Gasteiger partial charge is 0.497 e. The van der Waals surface area contributed by atoms with E-state index in [1.54, 1.807) is 19.2 Å². The predicted molar refractivity (Wildman–Crippen MR) is 101 cm³/mol. The van der Waals surface area contributed by atoms with E-state index in [0.29, 0.717) is 18.1 Å². The number of benzene rings is 2. The van der Waals surface area contributed by atoms with Crippen LogP contribution < -0.4 is 24.8 Å². The molecule has 8 heteroatoms. The van der Waals surface area contributed by atoms with Crippen molar-refractivity contribution in [3.05, 3.63) is 48.0 Å². The number of alkyl halides is 2. The first-order valence-electron chi connectivity index (χ1n) is 7.82. The van der Waals surface area contributed by atoms with Gasteiger partial charge in [0.05, 0.1) is 14.2 Å². The van der Waals surface area contributed by atoms with E-state index in [9.17, 15) is 8.78 Å². The lowest BCUT2D eigenvalue weighted by molar-refractivity contribution is -0.0512. The van der Waals surface area contributed by atoms with Gasteiger partial charge in [-0.2, -0.15) is 8.78 Å². The molecular weight excluding hydrogens is 362 g/mol. The van der Waals surface area contributed by atoms with Gasteiger partial charge < -0.3 is 24.8 Å².